The SMILES string of the molecule is CC(Oc1ccc(Cl)cc1Br)C(=O)Nc1ccccc1C(=O)N1CCCCC1. The molecule has 7 heteroatoms. The van der Waals surface area contributed by atoms with Crippen LogP contribution in [0.15, 0.2) is 46.9 Å². The molecule has 1 atom stereocenters. The van der Waals surface area contributed by atoms with Gasteiger partial charge in [-0.3, -0.25) is 9.59 Å². The average molecular weight is 466 g/mol. The van der Waals surface area contributed by atoms with E-state index in [1.54, 1.807) is 49.4 Å². The first-order valence-electron chi connectivity index (χ1n) is 9.26. The molecule has 0 aromatic heterocycles. The highest BCUT2D eigenvalue weighted by Crippen LogP contribution is 2.29. The number of ether oxygens (including phenoxy) is 1. The number of anilines is 1. The number of carbonyl (C=O) groups excluding carboxylic acids is 2. The molecule has 0 bridgehead atoms. The summed E-state index contributed by atoms with van der Waals surface area (Å²) in [4.78, 5) is 27.4. The van der Waals surface area contributed by atoms with Gasteiger partial charge in [0.25, 0.3) is 11.8 Å². The van der Waals surface area contributed by atoms with Crippen molar-refractivity contribution in [3.05, 3.63) is 57.5 Å². The van der Waals surface area contributed by atoms with E-state index < -0.39 is 6.10 Å². The molecular weight excluding hydrogens is 444 g/mol. The normalized spacial score (nSPS) is 15.0. The molecule has 1 unspecified atom stereocenters. The predicted molar refractivity (Wildman–Crippen MR) is 114 cm³/mol. The van der Waals surface area contributed by atoms with Crippen LogP contribution in [0, 0.1) is 0 Å². The Hall–Kier alpha value is -2.05. The standard InChI is InChI=1S/C21H22BrClN2O3/c1-14(28-19-10-9-15(23)13-17(19)22)20(26)24-18-8-4-3-7-16(18)21(27)25-11-5-2-6-12-25/h3-4,7-10,13-14H,2,5-6,11-12H2,1H3,(H,24,26). The van der Waals surface area contributed by atoms with Crippen LogP contribution in [0.3, 0.4) is 0 Å². The maximum atomic E-state index is 12.9. The lowest BCUT2D eigenvalue weighted by atomic mass is 10.1. The molecule has 28 heavy (non-hydrogen) atoms. The van der Waals surface area contributed by atoms with E-state index in [1.807, 2.05) is 4.90 Å². The maximum absolute atomic E-state index is 12.9. The summed E-state index contributed by atoms with van der Waals surface area (Å²) in [6, 6.07) is 12.2. The molecule has 1 saturated heterocycles. The lowest BCUT2D eigenvalue weighted by Gasteiger charge is -2.27. The molecule has 3 rings (SSSR count). The third-order valence-electron chi connectivity index (χ3n) is 4.63. The fourth-order valence-electron chi connectivity index (χ4n) is 3.10. The zero-order valence-electron chi connectivity index (χ0n) is 15.6. The molecule has 148 valence electrons. The van der Waals surface area contributed by atoms with Crippen molar-refractivity contribution in [1.29, 1.82) is 0 Å². The molecule has 0 spiro atoms. The summed E-state index contributed by atoms with van der Waals surface area (Å²) >= 11 is 9.31. The van der Waals surface area contributed by atoms with Crippen LogP contribution in [-0.4, -0.2) is 35.9 Å². The van der Waals surface area contributed by atoms with Crippen LogP contribution < -0.4 is 10.1 Å². The third kappa shape index (κ3) is 5.06. The molecule has 2 amide bonds. The molecule has 0 saturated carbocycles. The maximum Gasteiger partial charge on any atom is 0.265 e. The molecule has 0 aliphatic carbocycles. The van der Waals surface area contributed by atoms with Crippen LogP contribution in [0.5, 0.6) is 5.75 Å². The monoisotopic (exact) mass is 464 g/mol. The third-order valence-corrected chi connectivity index (χ3v) is 5.48. The number of halogens is 2. The average Bonchev–Trinajstić information content (AvgIpc) is 2.70. The minimum atomic E-state index is -0.754. The van der Waals surface area contributed by atoms with E-state index in [9.17, 15) is 9.59 Å². The minimum absolute atomic E-state index is 0.0513. The number of para-hydroxylation sites is 1. The van der Waals surface area contributed by atoms with E-state index in [-0.39, 0.29) is 11.8 Å². The highest BCUT2D eigenvalue weighted by atomic mass is 79.9. The second-order valence-electron chi connectivity index (χ2n) is 6.72. The molecule has 1 aliphatic rings. The van der Waals surface area contributed by atoms with Gasteiger partial charge in [-0.1, -0.05) is 23.7 Å². The second-order valence-corrected chi connectivity index (χ2v) is 8.01. The van der Waals surface area contributed by atoms with E-state index in [4.69, 9.17) is 16.3 Å². The Morgan fingerprint density at radius 2 is 1.86 bits per heavy atom. The number of nitrogens with zero attached hydrogens (tertiary/aromatic N) is 1. The summed E-state index contributed by atoms with van der Waals surface area (Å²) in [6.07, 6.45) is 2.43. The van der Waals surface area contributed by atoms with Gasteiger partial charge in [-0.15, -0.1) is 0 Å². The van der Waals surface area contributed by atoms with Gasteiger partial charge in [-0.05, 0) is 72.4 Å². The topological polar surface area (TPSA) is 58.6 Å². The van der Waals surface area contributed by atoms with Crippen molar-refractivity contribution in [3.63, 3.8) is 0 Å². The Bertz CT molecular complexity index is 868. The quantitative estimate of drug-likeness (QED) is 0.665. The summed E-state index contributed by atoms with van der Waals surface area (Å²) in [6.45, 7) is 3.17. The molecule has 1 fully saturated rings. The number of benzene rings is 2. The van der Waals surface area contributed by atoms with Gasteiger partial charge in [0, 0.05) is 18.1 Å². The zero-order valence-corrected chi connectivity index (χ0v) is 17.9. The van der Waals surface area contributed by atoms with Crippen molar-refractivity contribution in [2.24, 2.45) is 0 Å². The van der Waals surface area contributed by atoms with Crippen molar-refractivity contribution >= 4 is 45.0 Å². The first-order chi connectivity index (χ1) is 13.5. The Balaban J connectivity index is 1.70. The Kier molecular flexibility index (Phi) is 6.97. The van der Waals surface area contributed by atoms with Crippen molar-refractivity contribution < 1.29 is 14.3 Å². The van der Waals surface area contributed by atoms with Crippen LogP contribution in [0.4, 0.5) is 5.69 Å². The Morgan fingerprint density at radius 1 is 1.14 bits per heavy atom. The molecule has 0 radical (unpaired) electrons. The molecule has 2 aromatic carbocycles. The number of rotatable bonds is 5. The summed E-state index contributed by atoms with van der Waals surface area (Å²) in [5.41, 5.74) is 0.992. The van der Waals surface area contributed by atoms with E-state index >= 15 is 0 Å². The molecule has 1 aliphatic heterocycles. The number of hydrogen-bond acceptors (Lipinski definition) is 3. The van der Waals surface area contributed by atoms with Gasteiger partial charge in [-0.25, -0.2) is 0 Å². The number of amides is 2. The van der Waals surface area contributed by atoms with Crippen LogP contribution in [0.1, 0.15) is 36.5 Å². The number of carbonyl (C=O) groups is 2. The van der Waals surface area contributed by atoms with Crippen molar-refractivity contribution in [1.82, 2.24) is 4.90 Å². The van der Waals surface area contributed by atoms with E-state index in [0.29, 0.717) is 26.5 Å². The van der Waals surface area contributed by atoms with Crippen molar-refractivity contribution in [2.45, 2.75) is 32.3 Å². The first-order valence-corrected chi connectivity index (χ1v) is 10.4. The van der Waals surface area contributed by atoms with Gasteiger partial charge >= 0.3 is 0 Å². The number of hydrogen-bond donors (Lipinski definition) is 1. The Morgan fingerprint density at radius 3 is 2.57 bits per heavy atom. The lowest BCUT2D eigenvalue weighted by Crippen LogP contribution is -2.36. The smallest absolute Gasteiger partial charge is 0.265 e. The molecule has 5 nitrogen and oxygen atoms in total. The van der Waals surface area contributed by atoms with Gasteiger partial charge in [0.15, 0.2) is 6.10 Å². The molecular formula is C21H22BrClN2O3. The largest absolute Gasteiger partial charge is 0.480 e. The van der Waals surface area contributed by atoms with Crippen LogP contribution in [-0.2, 0) is 4.79 Å². The molecule has 1 heterocycles. The number of likely N-dealkylation sites (tertiary alicyclic amines) is 1. The van der Waals surface area contributed by atoms with Gasteiger partial charge in [0.05, 0.1) is 15.7 Å². The highest BCUT2D eigenvalue weighted by molar-refractivity contribution is 9.10. The van der Waals surface area contributed by atoms with E-state index in [1.165, 1.54) is 0 Å². The van der Waals surface area contributed by atoms with E-state index in [2.05, 4.69) is 21.2 Å². The fraction of sp³-hybridized carbons (Fsp3) is 0.333. The summed E-state index contributed by atoms with van der Waals surface area (Å²) < 4.78 is 6.40. The predicted octanol–water partition coefficient (Wildman–Crippen LogP) is 5.13. The lowest BCUT2D eigenvalue weighted by molar-refractivity contribution is -0.122. The summed E-state index contributed by atoms with van der Waals surface area (Å²) in [7, 11) is 0. The van der Waals surface area contributed by atoms with Gasteiger partial charge < -0.3 is 15.0 Å². The van der Waals surface area contributed by atoms with Crippen molar-refractivity contribution in [2.75, 3.05) is 18.4 Å². The van der Waals surface area contributed by atoms with E-state index in [0.717, 1.165) is 32.4 Å². The van der Waals surface area contributed by atoms with Crippen LogP contribution in [0.25, 0.3) is 0 Å². The summed E-state index contributed by atoms with van der Waals surface area (Å²) in [5, 5.41) is 3.40. The van der Waals surface area contributed by atoms with Gasteiger partial charge in [-0.2, -0.15) is 0 Å². The molecule has 1 N–H and O–H groups in total. The minimum Gasteiger partial charge on any atom is -0.480 e. The van der Waals surface area contributed by atoms with Gasteiger partial charge in [0.2, 0.25) is 0 Å². The second kappa shape index (κ2) is 9.43. The summed E-state index contributed by atoms with van der Waals surface area (Å²) in [5.74, 6) is 0.134. The van der Waals surface area contributed by atoms with Crippen LogP contribution >= 0.6 is 27.5 Å². The fourth-order valence-corrected chi connectivity index (χ4v) is 3.87. The van der Waals surface area contributed by atoms with Crippen LogP contribution in [0.2, 0.25) is 5.02 Å². The molecule has 2 aromatic rings. The first kappa shape index (κ1) is 20.7. The Labute approximate surface area is 178 Å². The van der Waals surface area contributed by atoms with Crippen molar-refractivity contribution in [3.8, 4) is 5.75 Å². The van der Waals surface area contributed by atoms with Gasteiger partial charge in [0.1, 0.15) is 5.75 Å². The number of piperidine rings is 1. The zero-order chi connectivity index (χ0) is 20.1. The number of nitrogens with one attached hydrogen (secondary N) is 1. The highest BCUT2D eigenvalue weighted by Gasteiger charge is 2.23.